The van der Waals surface area contributed by atoms with Crippen LogP contribution in [0.15, 0.2) is 18.2 Å². The third kappa shape index (κ3) is 2.78. The number of aliphatic carboxylic acids is 1. The molecule has 1 amide bonds. The lowest BCUT2D eigenvalue weighted by Gasteiger charge is -2.33. The molecule has 3 N–H and O–H groups in total. The third-order valence-corrected chi connectivity index (χ3v) is 3.56. The zero-order valence-corrected chi connectivity index (χ0v) is 11.2. The molecule has 1 aromatic carbocycles. The van der Waals surface area contributed by atoms with Gasteiger partial charge in [-0.3, -0.25) is 14.9 Å². The number of hydrogen-bond donors (Lipinski definition) is 2. The smallest absolute Gasteiger partial charge is 0.326 e. The first kappa shape index (κ1) is 14.8. The summed E-state index contributed by atoms with van der Waals surface area (Å²) in [4.78, 5) is 35.1. The fourth-order valence-electron chi connectivity index (χ4n) is 2.48. The van der Waals surface area contributed by atoms with Gasteiger partial charge in [-0.1, -0.05) is 6.07 Å². The van der Waals surface area contributed by atoms with E-state index in [4.69, 9.17) is 5.73 Å². The van der Waals surface area contributed by atoms with E-state index in [9.17, 15) is 24.8 Å². The number of para-hydroxylation sites is 1. The molecular weight excluding hydrogens is 278 g/mol. The van der Waals surface area contributed by atoms with Gasteiger partial charge < -0.3 is 15.7 Å². The second kappa shape index (κ2) is 5.78. The van der Waals surface area contributed by atoms with Crippen molar-refractivity contribution in [2.45, 2.75) is 25.3 Å². The molecule has 8 nitrogen and oxygen atoms in total. The van der Waals surface area contributed by atoms with Crippen LogP contribution in [0.25, 0.3) is 0 Å². The maximum atomic E-state index is 12.5. The highest BCUT2D eigenvalue weighted by Gasteiger charge is 2.34. The van der Waals surface area contributed by atoms with Crippen LogP contribution in [0.5, 0.6) is 0 Å². The first-order valence-corrected chi connectivity index (χ1v) is 6.50. The number of benzene rings is 1. The maximum absolute atomic E-state index is 12.5. The van der Waals surface area contributed by atoms with Crippen LogP contribution >= 0.6 is 0 Å². The van der Waals surface area contributed by atoms with Crippen LogP contribution in [0.1, 0.15) is 29.6 Å². The molecule has 21 heavy (non-hydrogen) atoms. The number of anilines is 1. The van der Waals surface area contributed by atoms with Gasteiger partial charge in [0.25, 0.3) is 11.6 Å². The van der Waals surface area contributed by atoms with Crippen LogP contribution < -0.4 is 5.73 Å². The van der Waals surface area contributed by atoms with E-state index >= 15 is 0 Å². The summed E-state index contributed by atoms with van der Waals surface area (Å²) in [5.74, 6) is -1.66. The van der Waals surface area contributed by atoms with E-state index < -0.39 is 22.8 Å². The summed E-state index contributed by atoms with van der Waals surface area (Å²) in [6, 6.07) is 3.03. The second-order valence-electron chi connectivity index (χ2n) is 4.84. The lowest BCUT2D eigenvalue weighted by atomic mass is 10.00. The second-order valence-corrected chi connectivity index (χ2v) is 4.84. The fraction of sp³-hybridized carbons (Fsp3) is 0.385. The highest BCUT2D eigenvalue weighted by Crippen LogP contribution is 2.28. The zero-order chi connectivity index (χ0) is 15.6. The average Bonchev–Trinajstić information content (AvgIpc) is 2.46. The van der Waals surface area contributed by atoms with E-state index in [-0.39, 0.29) is 16.9 Å². The number of carbonyl (C=O) groups excluding carboxylic acids is 1. The molecule has 1 heterocycles. The van der Waals surface area contributed by atoms with E-state index in [2.05, 4.69) is 0 Å². The van der Waals surface area contributed by atoms with Gasteiger partial charge in [0.05, 0.1) is 10.5 Å². The van der Waals surface area contributed by atoms with Crippen LogP contribution in [0.2, 0.25) is 0 Å². The number of likely N-dealkylation sites (tertiary alicyclic amines) is 1. The quantitative estimate of drug-likeness (QED) is 0.490. The Kier molecular flexibility index (Phi) is 4.06. The summed E-state index contributed by atoms with van der Waals surface area (Å²) in [5.41, 5.74) is 5.06. The zero-order valence-electron chi connectivity index (χ0n) is 11.2. The fourth-order valence-corrected chi connectivity index (χ4v) is 2.48. The van der Waals surface area contributed by atoms with Crippen LogP contribution in [-0.2, 0) is 4.79 Å². The lowest BCUT2D eigenvalue weighted by Crippen LogP contribution is -2.48. The van der Waals surface area contributed by atoms with Crippen molar-refractivity contribution in [2.75, 3.05) is 12.3 Å². The van der Waals surface area contributed by atoms with Gasteiger partial charge >= 0.3 is 5.97 Å². The first-order chi connectivity index (χ1) is 9.93. The van der Waals surface area contributed by atoms with Gasteiger partial charge in [-0.15, -0.1) is 0 Å². The standard InChI is InChI=1S/C13H15N3O5/c14-11-8(4-3-6-9(11)16(20)21)12(17)15-7-2-1-5-10(15)13(18)19/h3-4,6,10H,1-2,5,7,14H2,(H,18,19)/t10-/m1/s1. The van der Waals surface area contributed by atoms with E-state index in [1.807, 2.05) is 0 Å². The van der Waals surface area contributed by atoms with E-state index in [1.54, 1.807) is 0 Å². The van der Waals surface area contributed by atoms with Crippen molar-refractivity contribution < 1.29 is 19.6 Å². The van der Waals surface area contributed by atoms with Crippen molar-refractivity contribution in [1.29, 1.82) is 0 Å². The minimum atomic E-state index is -1.08. The Balaban J connectivity index is 2.37. The van der Waals surface area contributed by atoms with Gasteiger partial charge in [0.1, 0.15) is 11.7 Å². The van der Waals surface area contributed by atoms with E-state index in [1.165, 1.54) is 23.1 Å². The monoisotopic (exact) mass is 293 g/mol. The summed E-state index contributed by atoms with van der Waals surface area (Å²) in [6.45, 7) is 0.304. The predicted molar refractivity (Wildman–Crippen MR) is 73.8 cm³/mol. The largest absolute Gasteiger partial charge is 0.480 e. The molecule has 2 rings (SSSR count). The number of nitrogens with zero attached hydrogens (tertiary/aromatic N) is 2. The number of piperidine rings is 1. The molecule has 0 aliphatic carbocycles. The number of hydrogen-bond acceptors (Lipinski definition) is 5. The highest BCUT2D eigenvalue weighted by atomic mass is 16.6. The number of carboxylic acid groups (broad SMARTS) is 1. The van der Waals surface area contributed by atoms with Crippen molar-refractivity contribution in [3.05, 3.63) is 33.9 Å². The van der Waals surface area contributed by atoms with Crippen LogP contribution in [0.3, 0.4) is 0 Å². The van der Waals surface area contributed by atoms with Crippen LogP contribution in [0, 0.1) is 10.1 Å². The molecule has 8 heteroatoms. The van der Waals surface area contributed by atoms with Gasteiger partial charge in [0.15, 0.2) is 0 Å². The molecular formula is C13H15N3O5. The molecule has 1 aliphatic heterocycles. The average molecular weight is 293 g/mol. The molecule has 0 unspecified atom stereocenters. The normalized spacial score (nSPS) is 18.3. The molecule has 1 aliphatic rings. The minimum absolute atomic E-state index is 0.0302. The van der Waals surface area contributed by atoms with E-state index in [0.717, 1.165) is 6.42 Å². The molecule has 0 saturated carbocycles. The van der Waals surface area contributed by atoms with Crippen molar-refractivity contribution in [3.63, 3.8) is 0 Å². The predicted octanol–water partition coefficient (Wildman–Crippen LogP) is 1.26. The molecule has 0 radical (unpaired) electrons. The Labute approximate surface area is 120 Å². The number of nitrogens with two attached hydrogens (primary N) is 1. The number of carbonyl (C=O) groups is 2. The number of rotatable bonds is 3. The molecule has 0 aromatic heterocycles. The number of nitro benzene ring substituents is 1. The number of carboxylic acids is 1. The Morgan fingerprint density at radius 3 is 2.71 bits per heavy atom. The molecule has 1 atom stereocenters. The number of nitrogen functional groups attached to an aromatic ring is 1. The maximum Gasteiger partial charge on any atom is 0.326 e. The molecule has 1 fully saturated rings. The van der Waals surface area contributed by atoms with Gasteiger partial charge in [-0.05, 0) is 25.3 Å². The highest BCUT2D eigenvalue weighted by molar-refractivity contribution is 6.02. The van der Waals surface area contributed by atoms with Crippen LogP contribution in [-0.4, -0.2) is 39.4 Å². The number of nitro groups is 1. The Morgan fingerprint density at radius 2 is 2.10 bits per heavy atom. The summed E-state index contributed by atoms with van der Waals surface area (Å²) in [7, 11) is 0. The molecule has 1 saturated heterocycles. The van der Waals surface area contributed by atoms with Crippen molar-refractivity contribution >= 4 is 23.3 Å². The van der Waals surface area contributed by atoms with Crippen molar-refractivity contribution in [3.8, 4) is 0 Å². The number of amides is 1. The van der Waals surface area contributed by atoms with Gasteiger partial charge in [0.2, 0.25) is 0 Å². The first-order valence-electron chi connectivity index (χ1n) is 6.50. The summed E-state index contributed by atoms with van der Waals surface area (Å²) >= 11 is 0. The van der Waals surface area contributed by atoms with Gasteiger partial charge in [-0.25, -0.2) is 4.79 Å². The Bertz CT molecular complexity index is 601. The van der Waals surface area contributed by atoms with Crippen molar-refractivity contribution in [1.82, 2.24) is 4.90 Å². The summed E-state index contributed by atoms with van der Waals surface area (Å²) < 4.78 is 0. The molecule has 0 spiro atoms. The molecule has 0 bridgehead atoms. The molecule has 1 aromatic rings. The van der Waals surface area contributed by atoms with Gasteiger partial charge in [-0.2, -0.15) is 0 Å². The Morgan fingerprint density at radius 1 is 1.38 bits per heavy atom. The topological polar surface area (TPSA) is 127 Å². The minimum Gasteiger partial charge on any atom is -0.480 e. The van der Waals surface area contributed by atoms with Gasteiger partial charge in [0, 0.05) is 12.6 Å². The third-order valence-electron chi connectivity index (χ3n) is 3.56. The van der Waals surface area contributed by atoms with Crippen LogP contribution in [0.4, 0.5) is 11.4 Å². The summed E-state index contributed by atoms with van der Waals surface area (Å²) in [5, 5.41) is 20.0. The van der Waals surface area contributed by atoms with E-state index in [0.29, 0.717) is 19.4 Å². The van der Waals surface area contributed by atoms with Crippen molar-refractivity contribution in [2.24, 2.45) is 0 Å². The molecule has 112 valence electrons. The SMILES string of the molecule is Nc1c(C(=O)N2CCCC[C@@H]2C(=O)O)cccc1[N+](=O)[O-]. The lowest BCUT2D eigenvalue weighted by molar-refractivity contribution is -0.383. The summed E-state index contributed by atoms with van der Waals surface area (Å²) in [6.07, 6.45) is 1.80. The Hall–Kier alpha value is -2.64.